The highest BCUT2D eigenvalue weighted by Crippen LogP contribution is 2.46. The first-order valence-electron chi connectivity index (χ1n) is 21.6. The molecule has 9 aromatic carbocycles. The number of hydrogen-bond acceptors (Lipinski definition) is 4. The van der Waals surface area contributed by atoms with Crippen molar-refractivity contribution in [3.05, 3.63) is 194 Å². The van der Waals surface area contributed by atoms with Gasteiger partial charge in [0.05, 0.1) is 17.9 Å². The molecule has 4 nitrogen and oxygen atoms in total. The van der Waals surface area contributed by atoms with Crippen LogP contribution in [0.5, 0.6) is 0 Å². The van der Waals surface area contributed by atoms with Gasteiger partial charge in [-0.05, 0) is 69.1 Å². The summed E-state index contributed by atoms with van der Waals surface area (Å²) in [6, 6.07) is 54.6. The van der Waals surface area contributed by atoms with E-state index in [-0.39, 0.29) is 23.5 Å². The Kier molecular flexibility index (Phi) is 6.30. The Morgan fingerprint density at radius 3 is 1.88 bits per heavy atom. The van der Waals surface area contributed by atoms with Gasteiger partial charge < -0.3 is 4.57 Å². The maximum absolute atomic E-state index is 8.93. The minimum absolute atomic E-state index is 0.00300. The lowest BCUT2D eigenvalue weighted by atomic mass is 9.94. The van der Waals surface area contributed by atoms with Crippen LogP contribution in [-0.4, -0.2) is 19.5 Å². The van der Waals surface area contributed by atoms with Crippen LogP contribution < -0.4 is 0 Å². The SMILES string of the molecule is [2H]c1c([2H])c([2H])c(-c2nc(-c3ccccc3)nc(-c3cc(-n4c5ccccc5c5ccccc54)cc4c3sc3cccc(-c5ccc6c(ccc7ccccc76)c5)c34)n2)c([2H])c1[2H]. The standard InChI is InChI=1S/C53H32N4S/c1-3-15-34(16-4-1)51-54-52(35-17-5-2-6-18-35)56-53(55-51)45-32-38(57-46-23-11-9-20-42(46)43-21-10-12-24-47(43)57)31-44-49-41(22-13-25-48(49)58-50(44)45)37-28-29-40-36(30-37)27-26-33-14-7-8-19-39(33)40/h1-32H/i1D,3D,4D,15D,16D. The smallest absolute Gasteiger partial charge is 0.165 e. The monoisotopic (exact) mass is 761 g/mol. The minimum Gasteiger partial charge on any atom is -0.309 e. The third-order valence-electron chi connectivity index (χ3n) is 11.1. The number of para-hydroxylation sites is 2. The lowest BCUT2D eigenvalue weighted by Gasteiger charge is -2.14. The Labute approximate surface area is 345 Å². The van der Waals surface area contributed by atoms with Gasteiger partial charge in [0.1, 0.15) is 0 Å². The summed E-state index contributed by atoms with van der Waals surface area (Å²) in [4.78, 5) is 15.0. The van der Waals surface area contributed by atoms with Gasteiger partial charge in [0.25, 0.3) is 0 Å². The molecule has 5 heteroatoms. The van der Waals surface area contributed by atoms with Crippen LogP contribution in [-0.2, 0) is 0 Å². The highest BCUT2D eigenvalue weighted by Gasteiger charge is 2.22. The van der Waals surface area contributed by atoms with E-state index >= 15 is 0 Å². The van der Waals surface area contributed by atoms with Crippen LogP contribution in [0.15, 0.2) is 194 Å². The predicted molar refractivity (Wildman–Crippen MR) is 244 cm³/mol. The molecule has 0 amide bonds. The number of thiophene rings is 1. The molecule has 0 saturated heterocycles. The van der Waals surface area contributed by atoms with E-state index in [4.69, 9.17) is 21.8 Å². The molecule has 0 fully saturated rings. The summed E-state index contributed by atoms with van der Waals surface area (Å²) < 4.78 is 47.5. The molecule has 0 unspecified atom stereocenters. The van der Waals surface area contributed by atoms with Gasteiger partial charge in [-0.1, -0.05) is 158 Å². The van der Waals surface area contributed by atoms with Gasteiger partial charge in [-0.25, -0.2) is 15.0 Å². The third kappa shape index (κ3) is 5.18. The molecule has 270 valence electrons. The summed E-state index contributed by atoms with van der Waals surface area (Å²) in [6.45, 7) is 0. The molecule has 0 spiro atoms. The topological polar surface area (TPSA) is 43.6 Å². The molecule has 0 aliphatic heterocycles. The van der Waals surface area contributed by atoms with E-state index < -0.39 is 18.1 Å². The summed E-state index contributed by atoms with van der Waals surface area (Å²) in [5.41, 5.74) is 6.54. The Morgan fingerprint density at radius 1 is 0.431 bits per heavy atom. The van der Waals surface area contributed by atoms with Crippen molar-refractivity contribution < 1.29 is 6.85 Å². The van der Waals surface area contributed by atoms with Crippen LogP contribution in [0.3, 0.4) is 0 Å². The van der Waals surface area contributed by atoms with Crippen LogP contribution in [0.4, 0.5) is 0 Å². The zero-order valence-corrected chi connectivity index (χ0v) is 31.6. The highest BCUT2D eigenvalue weighted by atomic mass is 32.1. The zero-order valence-electron chi connectivity index (χ0n) is 35.8. The van der Waals surface area contributed by atoms with Crippen molar-refractivity contribution in [2.75, 3.05) is 0 Å². The fraction of sp³-hybridized carbons (Fsp3) is 0. The summed E-state index contributed by atoms with van der Waals surface area (Å²) in [5.74, 6) is 0.643. The van der Waals surface area contributed by atoms with E-state index in [1.54, 1.807) is 11.3 Å². The second-order valence-electron chi connectivity index (χ2n) is 14.4. The zero-order chi connectivity index (χ0) is 42.5. The van der Waals surface area contributed by atoms with E-state index in [2.05, 4.69) is 138 Å². The van der Waals surface area contributed by atoms with Gasteiger partial charge in [-0.2, -0.15) is 0 Å². The van der Waals surface area contributed by atoms with Gasteiger partial charge in [0, 0.05) is 53.3 Å². The van der Waals surface area contributed by atoms with E-state index in [1.165, 1.54) is 16.2 Å². The molecule has 3 aromatic heterocycles. The van der Waals surface area contributed by atoms with E-state index in [9.17, 15) is 0 Å². The normalized spacial score (nSPS) is 13.0. The van der Waals surface area contributed by atoms with Crippen molar-refractivity contribution in [3.63, 3.8) is 0 Å². The van der Waals surface area contributed by atoms with Crippen LogP contribution in [0.25, 0.3) is 115 Å². The van der Waals surface area contributed by atoms with Crippen LogP contribution in [0.1, 0.15) is 6.85 Å². The number of fused-ring (bicyclic) bond motifs is 9. The van der Waals surface area contributed by atoms with Crippen molar-refractivity contribution >= 4 is 74.9 Å². The molecule has 0 saturated carbocycles. The van der Waals surface area contributed by atoms with Crippen molar-refractivity contribution in [1.29, 1.82) is 0 Å². The molecule has 12 rings (SSSR count). The number of aromatic nitrogens is 4. The third-order valence-corrected chi connectivity index (χ3v) is 12.3. The maximum atomic E-state index is 8.93. The van der Waals surface area contributed by atoms with Gasteiger partial charge in [-0.15, -0.1) is 11.3 Å². The maximum Gasteiger partial charge on any atom is 0.165 e. The lowest BCUT2D eigenvalue weighted by molar-refractivity contribution is 1.07. The fourth-order valence-electron chi connectivity index (χ4n) is 8.52. The molecule has 0 bridgehead atoms. The molecular formula is C53H32N4S. The lowest BCUT2D eigenvalue weighted by Crippen LogP contribution is -2.01. The average Bonchev–Trinajstić information content (AvgIpc) is 3.88. The Morgan fingerprint density at radius 2 is 1.09 bits per heavy atom. The number of benzene rings is 9. The quantitative estimate of drug-likeness (QED) is 0.164. The fourth-order valence-corrected chi connectivity index (χ4v) is 9.74. The van der Waals surface area contributed by atoms with Crippen molar-refractivity contribution in [2.45, 2.75) is 0 Å². The first-order chi connectivity index (χ1) is 30.8. The molecule has 0 aliphatic carbocycles. The van der Waals surface area contributed by atoms with Gasteiger partial charge in [0.15, 0.2) is 17.5 Å². The van der Waals surface area contributed by atoms with Crippen LogP contribution >= 0.6 is 11.3 Å². The number of hydrogen-bond donors (Lipinski definition) is 0. The number of rotatable bonds is 5. The second kappa shape index (κ2) is 13.1. The first-order valence-corrected chi connectivity index (χ1v) is 19.9. The molecule has 58 heavy (non-hydrogen) atoms. The molecule has 12 aromatic rings. The average molecular weight is 762 g/mol. The summed E-state index contributed by atoms with van der Waals surface area (Å²) >= 11 is 1.66. The molecule has 3 heterocycles. The molecule has 0 radical (unpaired) electrons. The van der Waals surface area contributed by atoms with Crippen LogP contribution in [0, 0.1) is 0 Å². The van der Waals surface area contributed by atoms with Gasteiger partial charge >= 0.3 is 0 Å². The molecule has 0 N–H and O–H groups in total. The molecule has 0 aliphatic rings. The second-order valence-corrected chi connectivity index (χ2v) is 15.5. The van der Waals surface area contributed by atoms with E-state index in [1.807, 2.05) is 30.3 Å². The van der Waals surface area contributed by atoms with Crippen molar-refractivity contribution in [1.82, 2.24) is 19.5 Å². The summed E-state index contributed by atoms with van der Waals surface area (Å²) in [7, 11) is 0. The van der Waals surface area contributed by atoms with Gasteiger partial charge in [-0.3, -0.25) is 0 Å². The molecular weight excluding hydrogens is 725 g/mol. The minimum atomic E-state index is -0.479. The largest absolute Gasteiger partial charge is 0.309 e. The molecule has 0 atom stereocenters. The number of nitrogens with zero attached hydrogens (tertiary/aromatic N) is 4. The Balaban J connectivity index is 1.19. The van der Waals surface area contributed by atoms with E-state index in [0.717, 1.165) is 69.7 Å². The Hall–Kier alpha value is -7.47. The predicted octanol–water partition coefficient (Wildman–Crippen LogP) is 14.3. The highest BCUT2D eigenvalue weighted by molar-refractivity contribution is 7.26. The Bertz CT molecular complexity index is 3800. The van der Waals surface area contributed by atoms with E-state index in [0.29, 0.717) is 17.2 Å². The first kappa shape index (κ1) is 28.0. The van der Waals surface area contributed by atoms with Crippen LogP contribution in [0.2, 0.25) is 0 Å². The van der Waals surface area contributed by atoms with Crippen molar-refractivity contribution in [3.8, 4) is 51.0 Å². The summed E-state index contributed by atoms with van der Waals surface area (Å²) in [5, 5.41) is 9.17. The summed E-state index contributed by atoms with van der Waals surface area (Å²) in [6.07, 6.45) is 0. The van der Waals surface area contributed by atoms with Gasteiger partial charge in [0.2, 0.25) is 0 Å². The van der Waals surface area contributed by atoms with Crippen molar-refractivity contribution in [2.24, 2.45) is 0 Å².